The van der Waals surface area contributed by atoms with Gasteiger partial charge < -0.3 is 20.6 Å². The molecule has 0 spiro atoms. The first-order valence-corrected chi connectivity index (χ1v) is 4.33. The number of nitrogens with one attached hydrogen (secondary N) is 1. The number of aliphatic carboxylic acids is 3. The molecule has 0 radical (unpaired) electrons. The van der Waals surface area contributed by atoms with E-state index in [1.165, 1.54) is 0 Å². The van der Waals surface area contributed by atoms with Crippen molar-refractivity contribution in [3.8, 4) is 0 Å². The van der Waals surface area contributed by atoms with Crippen LogP contribution in [0.1, 0.15) is 19.3 Å². The van der Waals surface area contributed by atoms with E-state index in [-0.39, 0.29) is 25.8 Å². The number of rotatable bonds is 8. The van der Waals surface area contributed by atoms with Crippen molar-refractivity contribution in [3.63, 3.8) is 0 Å². The molecule has 0 unspecified atom stereocenters. The van der Waals surface area contributed by atoms with Crippen LogP contribution < -0.4 is 5.32 Å². The Hall–Kier alpha value is -1.63. The van der Waals surface area contributed by atoms with Crippen molar-refractivity contribution in [2.24, 2.45) is 0 Å². The molecule has 86 valence electrons. The lowest BCUT2D eigenvalue weighted by molar-refractivity contribution is -0.142. The van der Waals surface area contributed by atoms with E-state index in [0.29, 0.717) is 0 Å². The molecular formula is C8H13NO6. The average molecular weight is 219 g/mol. The molecule has 0 aromatic rings. The Kier molecular flexibility index (Phi) is 6.03. The van der Waals surface area contributed by atoms with E-state index in [9.17, 15) is 14.4 Å². The highest BCUT2D eigenvalue weighted by Crippen LogP contribution is 1.98. The maximum atomic E-state index is 10.6. The van der Waals surface area contributed by atoms with Crippen molar-refractivity contribution in [3.05, 3.63) is 0 Å². The molecule has 0 aromatic heterocycles. The van der Waals surface area contributed by atoms with Gasteiger partial charge in [-0.2, -0.15) is 0 Å². The molecule has 0 aromatic carbocycles. The molecular weight excluding hydrogens is 206 g/mol. The fraction of sp³-hybridized carbons (Fsp3) is 0.625. The number of carboxylic acids is 3. The SMILES string of the molecule is O=C(O)CCN[C@@H](CCC(=O)O)C(=O)O. The summed E-state index contributed by atoms with van der Waals surface area (Å²) in [5.41, 5.74) is 0. The van der Waals surface area contributed by atoms with Gasteiger partial charge in [-0.05, 0) is 6.42 Å². The van der Waals surface area contributed by atoms with Crippen LogP contribution >= 0.6 is 0 Å². The minimum absolute atomic E-state index is 0.00587. The molecule has 0 saturated carbocycles. The Morgan fingerprint density at radius 1 is 1.00 bits per heavy atom. The van der Waals surface area contributed by atoms with E-state index in [4.69, 9.17) is 15.3 Å². The standard InChI is InChI=1S/C8H13NO6/c10-6(11)2-1-5(8(14)15)9-4-3-7(12)13/h5,9H,1-4H2,(H,10,11)(H,12,13)(H,14,15)/t5-/m0/s1. The zero-order chi connectivity index (χ0) is 11.8. The largest absolute Gasteiger partial charge is 0.481 e. The summed E-state index contributed by atoms with van der Waals surface area (Å²) in [5.74, 6) is -3.30. The fourth-order valence-corrected chi connectivity index (χ4v) is 0.934. The Morgan fingerprint density at radius 3 is 1.93 bits per heavy atom. The molecule has 4 N–H and O–H groups in total. The Bertz CT molecular complexity index is 252. The smallest absolute Gasteiger partial charge is 0.320 e. The maximum Gasteiger partial charge on any atom is 0.320 e. The number of carbonyl (C=O) groups is 3. The monoisotopic (exact) mass is 219 g/mol. The summed E-state index contributed by atoms with van der Waals surface area (Å²) in [6, 6.07) is -1.01. The Morgan fingerprint density at radius 2 is 1.53 bits per heavy atom. The summed E-state index contributed by atoms with van der Waals surface area (Å²) in [4.78, 5) is 30.9. The van der Waals surface area contributed by atoms with Crippen LogP contribution in [0.5, 0.6) is 0 Å². The molecule has 0 bridgehead atoms. The van der Waals surface area contributed by atoms with E-state index in [2.05, 4.69) is 5.32 Å². The van der Waals surface area contributed by atoms with Gasteiger partial charge in [0.1, 0.15) is 6.04 Å². The highest BCUT2D eigenvalue weighted by molar-refractivity contribution is 5.75. The van der Waals surface area contributed by atoms with Crippen molar-refractivity contribution >= 4 is 17.9 Å². The van der Waals surface area contributed by atoms with Gasteiger partial charge in [0.25, 0.3) is 0 Å². The van der Waals surface area contributed by atoms with Gasteiger partial charge in [-0.15, -0.1) is 0 Å². The van der Waals surface area contributed by atoms with Gasteiger partial charge in [-0.1, -0.05) is 0 Å². The number of carboxylic acid groups (broad SMARTS) is 3. The van der Waals surface area contributed by atoms with Crippen LogP contribution in [0.25, 0.3) is 0 Å². The van der Waals surface area contributed by atoms with Gasteiger partial charge in [0.2, 0.25) is 0 Å². The van der Waals surface area contributed by atoms with Crippen molar-refractivity contribution < 1.29 is 29.7 Å². The predicted octanol–water partition coefficient (Wildman–Crippen LogP) is -0.631. The van der Waals surface area contributed by atoms with Gasteiger partial charge in [-0.25, -0.2) is 0 Å². The van der Waals surface area contributed by atoms with Crippen molar-refractivity contribution in [2.75, 3.05) is 6.54 Å². The van der Waals surface area contributed by atoms with E-state index < -0.39 is 23.9 Å². The van der Waals surface area contributed by atoms with E-state index in [0.717, 1.165) is 0 Å². The molecule has 0 aliphatic rings. The lowest BCUT2D eigenvalue weighted by Gasteiger charge is -2.11. The zero-order valence-electron chi connectivity index (χ0n) is 7.97. The van der Waals surface area contributed by atoms with Gasteiger partial charge in [0.15, 0.2) is 0 Å². The third kappa shape index (κ3) is 7.44. The minimum Gasteiger partial charge on any atom is -0.481 e. The molecule has 0 fully saturated rings. The first-order valence-electron chi connectivity index (χ1n) is 4.33. The average Bonchev–Trinajstić information content (AvgIpc) is 2.09. The molecule has 0 amide bonds. The lowest BCUT2D eigenvalue weighted by atomic mass is 10.1. The molecule has 0 aliphatic carbocycles. The number of hydrogen-bond donors (Lipinski definition) is 4. The zero-order valence-corrected chi connectivity index (χ0v) is 7.97. The highest BCUT2D eigenvalue weighted by atomic mass is 16.4. The third-order valence-electron chi connectivity index (χ3n) is 1.67. The number of hydrogen-bond acceptors (Lipinski definition) is 4. The normalized spacial score (nSPS) is 12.0. The second-order valence-corrected chi connectivity index (χ2v) is 2.92. The van der Waals surface area contributed by atoms with E-state index in [1.54, 1.807) is 0 Å². The predicted molar refractivity (Wildman–Crippen MR) is 48.5 cm³/mol. The van der Waals surface area contributed by atoms with Crippen LogP contribution in [0.2, 0.25) is 0 Å². The molecule has 0 heterocycles. The van der Waals surface area contributed by atoms with Gasteiger partial charge >= 0.3 is 17.9 Å². The Balaban J connectivity index is 3.88. The third-order valence-corrected chi connectivity index (χ3v) is 1.67. The molecule has 15 heavy (non-hydrogen) atoms. The lowest BCUT2D eigenvalue weighted by Crippen LogP contribution is -2.38. The van der Waals surface area contributed by atoms with Crippen molar-refractivity contribution in [2.45, 2.75) is 25.3 Å². The second-order valence-electron chi connectivity index (χ2n) is 2.92. The summed E-state index contributed by atoms with van der Waals surface area (Å²) >= 11 is 0. The molecule has 0 rings (SSSR count). The summed E-state index contributed by atoms with van der Waals surface area (Å²) in [5, 5.41) is 27.8. The molecule has 7 heteroatoms. The van der Waals surface area contributed by atoms with E-state index >= 15 is 0 Å². The minimum atomic E-state index is -1.18. The van der Waals surface area contributed by atoms with Crippen LogP contribution in [0.3, 0.4) is 0 Å². The molecule has 7 nitrogen and oxygen atoms in total. The summed E-state index contributed by atoms with van der Waals surface area (Å²) in [6.45, 7) is 0.00587. The second kappa shape index (κ2) is 6.77. The fourth-order valence-electron chi connectivity index (χ4n) is 0.934. The quantitative estimate of drug-likeness (QED) is 0.428. The molecule has 0 saturated heterocycles. The highest BCUT2D eigenvalue weighted by Gasteiger charge is 2.17. The first-order chi connectivity index (χ1) is 6.93. The van der Waals surface area contributed by atoms with Crippen LogP contribution in [0.15, 0.2) is 0 Å². The summed E-state index contributed by atoms with van der Waals surface area (Å²) < 4.78 is 0. The molecule has 1 atom stereocenters. The Labute approximate surface area is 85.7 Å². The first kappa shape index (κ1) is 13.4. The van der Waals surface area contributed by atoms with Crippen LogP contribution in [-0.4, -0.2) is 45.8 Å². The maximum absolute atomic E-state index is 10.6. The van der Waals surface area contributed by atoms with Gasteiger partial charge in [-0.3, -0.25) is 14.4 Å². The van der Waals surface area contributed by atoms with Gasteiger partial charge in [0.05, 0.1) is 6.42 Å². The van der Waals surface area contributed by atoms with E-state index in [1.807, 2.05) is 0 Å². The van der Waals surface area contributed by atoms with Crippen LogP contribution in [0.4, 0.5) is 0 Å². The van der Waals surface area contributed by atoms with Crippen molar-refractivity contribution in [1.29, 1.82) is 0 Å². The van der Waals surface area contributed by atoms with Crippen LogP contribution in [-0.2, 0) is 14.4 Å². The summed E-state index contributed by atoms with van der Waals surface area (Å²) in [6.07, 6.45) is -0.530. The van der Waals surface area contributed by atoms with Gasteiger partial charge in [0, 0.05) is 13.0 Å². The van der Waals surface area contributed by atoms with Crippen LogP contribution in [0, 0.1) is 0 Å². The summed E-state index contributed by atoms with van der Waals surface area (Å²) in [7, 11) is 0. The molecule has 0 aliphatic heterocycles. The topological polar surface area (TPSA) is 124 Å². The van der Waals surface area contributed by atoms with Crippen molar-refractivity contribution in [1.82, 2.24) is 5.32 Å².